The molecule has 3 aromatic rings. The molecule has 2 N–H and O–H groups in total. The molecule has 2 aliphatic rings. The zero-order chi connectivity index (χ0) is 27.2. The lowest BCUT2D eigenvalue weighted by Gasteiger charge is -2.19. The average Bonchev–Trinajstić information content (AvgIpc) is 3.31. The third-order valence-electron chi connectivity index (χ3n) is 6.24. The molecule has 1 atom stereocenters. The van der Waals surface area contributed by atoms with Gasteiger partial charge in [0.15, 0.2) is 18.2 Å². The van der Waals surface area contributed by atoms with Crippen LogP contribution < -0.4 is 25.0 Å². The molecule has 4 heterocycles. The van der Waals surface area contributed by atoms with Crippen molar-refractivity contribution < 1.29 is 23.8 Å². The van der Waals surface area contributed by atoms with Gasteiger partial charge in [-0.15, -0.1) is 0 Å². The Morgan fingerprint density at radius 2 is 2.10 bits per heavy atom. The summed E-state index contributed by atoms with van der Waals surface area (Å²) in [4.78, 5) is 31.9. The van der Waals surface area contributed by atoms with Crippen molar-refractivity contribution in [1.82, 2.24) is 25.4 Å². The number of fused-ring (bicyclic) bond motifs is 1. The van der Waals surface area contributed by atoms with Crippen molar-refractivity contribution in [3.05, 3.63) is 54.2 Å². The number of anilines is 2. The van der Waals surface area contributed by atoms with Gasteiger partial charge in [0.2, 0.25) is 0 Å². The SMILES string of the molecule is CN(C)CCOc1cnnc(-c2cccc(CNCC[C@H]3CN(c4ccc5c(n4)NC(=O)CO5)C(=O)O3)c2)c1. The van der Waals surface area contributed by atoms with Crippen molar-refractivity contribution in [2.45, 2.75) is 19.1 Å². The lowest BCUT2D eigenvalue weighted by atomic mass is 10.1. The van der Waals surface area contributed by atoms with Gasteiger partial charge < -0.3 is 29.7 Å². The number of nitrogens with one attached hydrogen (secondary N) is 2. The van der Waals surface area contributed by atoms with Crippen LogP contribution >= 0.6 is 0 Å². The number of aromatic nitrogens is 3. The van der Waals surface area contributed by atoms with E-state index in [0.29, 0.717) is 55.8 Å². The van der Waals surface area contributed by atoms with Gasteiger partial charge in [0.05, 0.1) is 18.4 Å². The molecule has 0 spiro atoms. The van der Waals surface area contributed by atoms with Crippen molar-refractivity contribution in [1.29, 1.82) is 0 Å². The number of carbonyl (C=O) groups excluding carboxylic acids is 2. The Balaban J connectivity index is 1.11. The Bertz CT molecular complexity index is 1340. The Morgan fingerprint density at radius 3 is 2.97 bits per heavy atom. The number of carbonyl (C=O) groups is 2. The molecule has 1 fully saturated rings. The highest BCUT2D eigenvalue weighted by Gasteiger charge is 2.33. The summed E-state index contributed by atoms with van der Waals surface area (Å²) < 4.78 is 16.7. The lowest BCUT2D eigenvalue weighted by Crippen LogP contribution is -2.29. The van der Waals surface area contributed by atoms with Crippen LogP contribution in [0.5, 0.6) is 11.5 Å². The molecule has 2 aliphatic heterocycles. The number of cyclic esters (lactones) is 1. The molecule has 0 bridgehead atoms. The monoisotopic (exact) mass is 533 g/mol. The van der Waals surface area contributed by atoms with Crippen LogP contribution in [0.3, 0.4) is 0 Å². The summed E-state index contributed by atoms with van der Waals surface area (Å²) in [6.45, 7) is 3.03. The average molecular weight is 534 g/mol. The number of ether oxygens (including phenoxy) is 3. The van der Waals surface area contributed by atoms with Gasteiger partial charge in [-0.2, -0.15) is 10.2 Å². The second-order valence-corrected chi connectivity index (χ2v) is 9.56. The fourth-order valence-corrected chi connectivity index (χ4v) is 4.21. The van der Waals surface area contributed by atoms with E-state index >= 15 is 0 Å². The molecule has 204 valence electrons. The van der Waals surface area contributed by atoms with Crippen LogP contribution in [-0.4, -0.2) is 85.1 Å². The molecule has 1 saturated heterocycles. The van der Waals surface area contributed by atoms with Gasteiger partial charge in [-0.25, -0.2) is 9.78 Å². The van der Waals surface area contributed by atoms with Crippen molar-refractivity contribution in [3.8, 4) is 22.8 Å². The smallest absolute Gasteiger partial charge is 0.415 e. The van der Waals surface area contributed by atoms with E-state index in [1.807, 2.05) is 38.4 Å². The predicted octanol–water partition coefficient (Wildman–Crippen LogP) is 2.31. The summed E-state index contributed by atoms with van der Waals surface area (Å²) in [5.74, 6) is 1.60. The summed E-state index contributed by atoms with van der Waals surface area (Å²) >= 11 is 0. The predicted molar refractivity (Wildman–Crippen MR) is 144 cm³/mol. The number of amides is 2. The molecule has 2 amide bonds. The van der Waals surface area contributed by atoms with Gasteiger partial charge in [0, 0.05) is 24.7 Å². The molecule has 39 heavy (non-hydrogen) atoms. The number of hydrogen-bond acceptors (Lipinski definition) is 10. The van der Waals surface area contributed by atoms with Crippen LogP contribution in [0.4, 0.5) is 16.4 Å². The van der Waals surface area contributed by atoms with E-state index in [1.165, 1.54) is 4.90 Å². The molecule has 2 aromatic heterocycles. The highest BCUT2D eigenvalue weighted by molar-refractivity contribution is 5.95. The minimum absolute atomic E-state index is 0.0489. The summed E-state index contributed by atoms with van der Waals surface area (Å²) in [6.07, 6.45) is 1.53. The molecule has 12 heteroatoms. The molecule has 12 nitrogen and oxygen atoms in total. The third-order valence-corrected chi connectivity index (χ3v) is 6.24. The van der Waals surface area contributed by atoms with Crippen LogP contribution in [0.2, 0.25) is 0 Å². The van der Waals surface area contributed by atoms with Crippen LogP contribution in [0.1, 0.15) is 12.0 Å². The second-order valence-electron chi connectivity index (χ2n) is 9.56. The summed E-state index contributed by atoms with van der Waals surface area (Å²) in [5, 5.41) is 14.4. The van der Waals surface area contributed by atoms with E-state index in [2.05, 4.69) is 36.8 Å². The number of hydrogen-bond donors (Lipinski definition) is 2. The fraction of sp³-hybridized carbons (Fsp3) is 0.370. The summed E-state index contributed by atoms with van der Waals surface area (Å²) in [6, 6.07) is 13.4. The molecule has 0 saturated carbocycles. The Morgan fingerprint density at radius 1 is 1.21 bits per heavy atom. The quantitative estimate of drug-likeness (QED) is 0.354. The van der Waals surface area contributed by atoms with E-state index in [0.717, 1.165) is 23.4 Å². The van der Waals surface area contributed by atoms with Gasteiger partial charge in [0.1, 0.15) is 24.3 Å². The minimum Gasteiger partial charge on any atom is -0.490 e. The maximum absolute atomic E-state index is 12.5. The number of pyridine rings is 1. The van der Waals surface area contributed by atoms with E-state index < -0.39 is 6.09 Å². The highest BCUT2D eigenvalue weighted by Crippen LogP contribution is 2.30. The largest absolute Gasteiger partial charge is 0.490 e. The maximum Gasteiger partial charge on any atom is 0.415 e. The van der Waals surface area contributed by atoms with E-state index in [1.54, 1.807) is 18.3 Å². The first-order chi connectivity index (χ1) is 18.9. The summed E-state index contributed by atoms with van der Waals surface area (Å²) in [7, 11) is 4.00. The highest BCUT2D eigenvalue weighted by atomic mass is 16.6. The topological polar surface area (TPSA) is 131 Å². The zero-order valence-electron chi connectivity index (χ0n) is 21.9. The first-order valence-electron chi connectivity index (χ1n) is 12.8. The van der Waals surface area contributed by atoms with E-state index in [9.17, 15) is 9.59 Å². The number of nitrogens with zero attached hydrogens (tertiary/aromatic N) is 5. The van der Waals surface area contributed by atoms with Crippen LogP contribution in [0, 0.1) is 0 Å². The van der Waals surface area contributed by atoms with E-state index in [4.69, 9.17) is 14.2 Å². The number of rotatable bonds is 11. The van der Waals surface area contributed by atoms with Gasteiger partial charge >= 0.3 is 6.09 Å². The first-order valence-corrected chi connectivity index (χ1v) is 12.8. The standard InChI is InChI=1S/C27H31N7O5/c1-33(2)10-11-37-21-13-22(32-29-15-21)19-5-3-4-18(12-19)14-28-9-8-20-16-34(27(36)39-20)24-7-6-23-26(30-24)31-25(35)17-38-23/h3-7,12-13,15,20,28H,8-11,14,16-17H2,1-2H3,(H,30,31,35)/t20-/m0/s1. The van der Waals surface area contributed by atoms with Crippen molar-refractivity contribution in [3.63, 3.8) is 0 Å². The van der Waals surface area contributed by atoms with Gasteiger partial charge in [0.25, 0.3) is 5.91 Å². The van der Waals surface area contributed by atoms with Gasteiger partial charge in [-0.3, -0.25) is 9.69 Å². The number of likely N-dealkylation sites (N-methyl/N-ethyl adjacent to an activating group) is 1. The summed E-state index contributed by atoms with van der Waals surface area (Å²) in [5.41, 5.74) is 2.80. The molecular weight excluding hydrogens is 502 g/mol. The third kappa shape index (κ3) is 6.78. The van der Waals surface area contributed by atoms with Crippen molar-refractivity contribution in [2.24, 2.45) is 0 Å². The zero-order valence-corrected chi connectivity index (χ0v) is 21.9. The molecule has 0 unspecified atom stereocenters. The first kappa shape index (κ1) is 26.3. The molecule has 0 radical (unpaired) electrons. The molecule has 0 aliphatic carbocycles. The Hall–Kier alpha value is -4.29. The Kier molecular flexibility index (Phi) is 8.13. The van der Waals surface area contributed by atoms with Crippen molar-refractivity contribution in [2.75, 3.05) is 57.2 Å². The lowest BCUT2D eigenvalue weighted by molar-refractivity contribution is -0.118. The fourth-order valence-electron chi connectivity index (χ4n) is 4.21. The molecule has 1 aromatic carbocycles. The van der Waals surface area contributed by atoms with Crippen LogP contribution in [0.15, 0.2) is 48.7 Å². The van der Waals surface area contributed by atoms with Gasteiger partial charge in [-0.1, -0.05) is 18.2 Å². The molecule has 5 rings (SSSR count). The van der Waals surface area contributed by atoms with Gasteiger partial charge in [-0.05, 0) is 50.8 Å². The van der Waals surface area contributed by atoms with E-state index in [-0.39, 0.29) is 18.6 Å². The normalized spacial score (nSPS) is 16.5. The maximum atomic E-state index is 12.5. The second kappa shape index (κ2) is 12.0. The molecular formula is C27H31N7O5. The Labute approximate surface area is 226 Å². The van der Waals surface area contributed by atoms with Crippen LogP contribution in [0.25, 0.3) is 11.3 Å². The van der Waals surface area contributed by atoms with Crippen molar-refractivity contribution >= 4 is 23.6 Å². The number of benzene rings is 1. The minimum atomic E-state index is -0.461. The van der Waals surface area contributed by atoms with Crippen LogP contribution in [-0.2, 0) is 16.1 Å².